The third kappa shape index (κ3) is 2.33. The fourth-order valence-electron chi connectivity index (χ4n) is 2.05. The molecule has 1 aromatic carbocycles. The smallest absolute Gasteiger partial charge is 0.188 e. The van der Waals surface area contributed by atoms with Crippen molar-refractivity contribution in [2.75, 3.05) is 0 Å². The van der Waals surface area contributed by atoms with Crippen LogP contribution >= 0.6 is 11.6 Å². The molecule has 0 radical (unpaired) electrons. The Morgan fingerprint density at radius 3 is 2.42 bits per heavy atom. The third-order valence-corrected chi connectivity index (χ3v) is 3.08. The molecule has 0 unspecified atom stereocenters. The largest absolute Gasteiger partial charge is 0.495 e. The van der Waals surface area contributed by atoms with Crippen LogP contribution in [0.1, 0.15) is 11.3 Å². The number of hydrogen-bond acceptors (Lipinski definition) is 2. The van der Waals surface area contributed by atoms with Gasteiger partial charge in [-0.25, -0.2) is 4.99 Å². The highest BCUT2D eigenvalue weighted by molar-refractivity contribution is 6.69. The van der Waals surface area contributed by atoms with Gasteiger partial charge >= 0.3 is 0 Å². The normalized spacial score (nSPS) is 16.6. The van der Waals surface area contributed by atoms with E-state index < -0.39 is 0 Å². The molecule has 0 bridgehead atoms. The molecule has 0 atom stereocenters. The third-order valence-electron chi connectivity index (χ3n) is 2.86. The Morgan fingerprint density at radius 2 is 1.84 bits per heavy atom. The van der Waals surface area contributed by atoms with Crippen molar-refractivity contribution in [1.82, 2.24) is 4.98 Å². The molecule has 3 nitrogen and oxygen atoms in total. The Hall–Kier alpha value is -2.26. The summed E-state index contributed by atoms with van der Waals surface area (Å²) >= 11 is 5.90. The van der Waals surface area contributed by atoms with E-state index in [0.717, 1.165) is 22.5 Å². The van der Waals surface area contributed by atoms with Crippen molar-refractivity contribution < 1.29 is 5.11 Å². The zero-order valence-electron chi connectivity index (χ0n) is 9.97. The maximum absolute atomic E-state index is 9.49. The first-order valence-electron chi connectivity index (χ1n) is 5.84. The standard InChI is InChI=1S/C15H11ClN2O/c16-13-8-6-11(17-13)15(10-4-2-1-3-5-10)12-7-9-14(19)18-12/h1-9,18-19H/b15-11-. The fraction of sp³-hybridized carbons (Fsp3) is 0. The molecule has 2 N–H and O–H groups in total. The van der Waals surface area contributed by atoms with Crippen LogP contribution in [0.4, 0.5) is 0 Å². The molecule has 1 aromatic heterocycles. The van der Waals surface area contributed by atoms with Crippen LogP contribution in [-0.2, 0) is 0 Å². The van der Waals surface area contributed by atoms with Gasteiger partial charge in [0.2, 0.25) is 0 Å². The van der Waals surface area contributed by atoms with Crippen molar-refractivity contribution in [2.45, 2.75) is 0 Å². The van der Waals surface area contributed by atoms with Crippen LogP contribution in [0.15, 0.2) is 65.3 Å². The van der Waals surface area contributed by atoms with E-state index in [1.54, 1.807) is 12.1 Å². The van der Waals surface area contributed by atoms with Gasteiger partial charge < -0.3 is 10.1 Å². The molecule has 2 heterocycles. The summed E-state index contributed by atoms with van der Waals surface area (Å²) in [7, 11) is 0. The van der Waals surface area contributed by atoms with Crippen molar-refractivity contribution >= 4 is 22.3 Å². The van der Waals surface area contributed by atoms with Gasteiger partial charge in [0, 0.05) is 11.6 Å². The Kier molecular flexibility index (Phi) is 2.97. The molecule has 0 fully saturated rings. The zero-order chi connectivity index (χ0) is 13.2. The molecule has 94 valence electrons. The molecule has 1 aliphatic rings. The van der Waals surface area contributed by atoms with Crippen LogP contribution in [0.25, 0.3) is 5.57 Å². The highest BCUT2D eigenvalue weighted by Crippen LogP contribution is 2.30. The van der Waals surface area contributed by atoms with E-state index in [4.69, 9.17) is 11.6 Å². The predicted molar refractivity (Wildman–Crippen MR) is 77.3 cm³/mol. The maximum atomic E-state index is 9.49. The Balaban J connectivity index is 2.21. The van der Waals surface area contributed by atoms with Crippen molar-refractivity contribution in [2.24, 2.45) is 4.99 Å². The molecule has 0 saturated carbocycles. The lowest BCUT2D eigenvalue weighted by atomic mass is 10.0. The number of halogens is 1. The number of hydrogen-bond donors (Lipinski definition) is 2. The second-order valence-corrected chi connectivity index (χ2v) is 4.54. The van der Waals surface area contributed by atoms with E-state index >= 15 is 0 Å². The first kappa shape index (κ1) is 11.8. The van der Waals surface area contributed by atoms with Gasteiger partial charge in [-0.15, -0.1) is 0 Å². The van der Waals surface area contributed by atoms with Crippen molar-refractivity contribution in [3.63, 3.8) is 0 Å². The number of H-pyrrole nitrogens is 1. The second kappa shape index (κ2) is 4.78. The SMILES string of the molecule is Oc1ccc(/C(=C2/C=CC(Cl)=N2)c2ccccc2)[nH]1. The van der Waals surface area contributed by atoms with Crippen LogP contribution in [0.5, 0.6) is 5.88 Å². The van der Waals surface area contributed by atoms with E-state index in [0.29, 0.717) is 5.17 Å². The van der Waals surface area contributed by atoms with Gasteiger partial charge in [0.15, 0.2) is 5.88 Å². The molecule has 3 rings (SSSR count). The highest BCUT2D eigenvalue weighted by atomic mass is 35.5. The number of benzene rings is 1. The lowest BCUT2D eigenvalue weighted by Gasteiger charge is -2.07. The molecule has 2 aromatic rings. The second-order valence-electron chi connectivity index (χ2n) is 4.15. The van der Waals surface area contributed by atoms with E-state index in [1.165, 1.54) is 0 Å². The summed E-state index contributed by atoms with van der Waals surface area (Å²) in [4.78, 5) is 7.22. The number of aliphatic imine (C=N–C) groups is 1. The van der Waals surface area contributed by atoms with Gasteiger partial charge in [-0.3, -0.25) is 0 Å². The van der Waals surface area contributed by atoms with Crippen LogP contribution < -0.4 is 0 Å². The van der Waals surface area contributed by atoms with E-state index in [2.05, 4.69) is 9.98 Å². The average molecular weight is 271 g/mol. The lowest BCUT2D eigenvalue weighted by molar-refractivity contribution is 0.456. The quantitative estimate of drug-likeness (QED) is 0.859. The minimum atomic E-state index is 0.126. The first-order valence-corrected chi connectivity index (χ1v) is 6.22. The molecule has 0 spiro atoms. The molecule has 0 saturated heterocycles. The predicted octanol–water partition coefficient (Wildman–Crippen LogP) is 3.69. The minimum absolute atomic E-state index is 0.126. The molecule has 4 heteroatoms. The van der Waals surface area contributed by atoms with E-state index in [9.17, 15) is 5.11 Å². The van der Waals surface area contributed by atoms with Crippen LogP contribution in [0.3, 0.4) is 0 Å². The van der Waals surface area contributed by atoms with Crippen molar-refractivity contribution in [1.29, 1.82) is 0 Å². The number of nitrogens with zero attached hydrogens (tertiary/aromatic N) is 1. The summed E-state index contributed by atoms with van der Waals surface area (Å²) < 4.78 is 0. The van der Waals surface area contributed by atoms with Crippen molar-refractivity contribution in [3.8, 4) is 5.88 Å². The maximum Gasteiger partial charge on any atom is 0.188 e. The number of aromatic hydroxyl groups is 1. The van der Waals surface area contributed by atoms with Gasteiger partial charge in [-0.2, -0.15) is 0 Å². The fourth-order valence-corrected chi connectivity index (χ4v) is 2.21. The summed E-state index contributed by atoms with van der Waals surface area (Å²) in [5.74, 6) is 0.126. The summed E-state index contributed by atoms with van der Waals surface area (Å²) in [5, 5.41) is 9.94. The van der Waals surface area contributed by atoms with Crippen LogP contribution in [0, 0.1) is 0 Å². The number of aromatic amines is 1. The molecule has 1 aliphatic heterocycles. The number of aromatic nitrogens is 1. The summed E-state index contributed by atoms with van der Waals surface area (Å²) in [6.45, 7) is 0. The Morgan fingerprint density at radius 1 is 1.05 bits per heavy atom. The van der Waals surface area contributed by atoms with Gasteiger partial charge in [0.25, 0.3) is 0 Å². The van der Waals surface area contributed by atoms with Crippen molar-refractivity contribution in [3.05, 3.63) is 71.6 Å². The lowest BCUT2D eigenvalue weighted by Crippen LogP contribution is -1.91. The zero-order valence-corrected chi connectivity index (χ0v) is 10.7. The molecule has 19 heavy (non-hydrogen) atoms. The summed E-state index contributed by atoms with van der Waals surface area (Å²) in [5.41, 5.74) is 3.50. The monoisotopic (exact) mass is 270 g/mol. The molecular formula is C15H11ClN2O. The number of allylic oxidation sites excluding steroid dienone is 2. The highest BCUT2D eigenvalue weighted by Gasteiger charge is 2.14. The summed E-state index contributed by atoms with van der Waals surface area (Å²) in [6, 6.07) is 13.3. The van der Waals surface area contributed by atoms with Crippen LogP contribution in [-0.4, -0.2) is 15.3 Å². The van der Waals surface area contributed by atoms with E-state index in [1.807, 2.05) is 42.5 Å². The first-order chi connectivity index (χ1) is 9.24. The minimum Gasteiger partial charge on any atom is -0.495 e. The van der Waals surface area contributed by atoms with Crippen LogP contribution in [0.2, 0.25) is 0 Å². The Labute approximate surface area is 115 Å². The number of rotatable bonds is 2. The van der Waals surface area contributed by atoms with Gasteiger partial charge in [-0.1, -0.05) is 41.9 Å². The average Bonchev–Trinajstić information content (AvgIpc) is 3.01. The van der Waals surface area contributed by atoms with E-state index in [-0.39, 0.29) is 5.88 Å². The van der Waals surface area contributed by atoms with Gasteiger partial charge in [0.1, 0.15) is 5.17 Å². The number of nitrogens with one attached hydrogen (secondary N) is 1. The molecule has 0 aliphatic carbocycles. The van der Waals surface area contributed by atoms with Gasteiger partial charge in [0.05, 0.1) is 11.4 Å². The topological polar surface area (TPSA) is 48.4 Å². The molecular weight excluding hydrogens is 260 g/mol. The Bertz CT molecular complexity index is 696. The molecule has 0 amide bonds. The van der Waals surface area contributed by atoms with Gasteiger partial charge in [-0.05, 0) is 23.8 Å². The summed E-state index contributed by atoms with van der Waals surface area (Å²) in [6.07, 6.45) is 3.62.